The van der Waals surface area contributed by atoms with Crippen molar-refractivity contribution in [3.05, 3.63) is 72.7 Å². The molecule has 1 amide bonds. The standard InChI is InChI=1S/C21H20N8O/c1-29-9-8-24-20(29)14-5-3-7-16(11-14)27-21-25-12-17(22)19(28-21)26-15-6-2-4-13(10-15)18(23)30/h2-12H,22H2,1H3,(H2,23,30)(H2,25,26,27,28). The van der Waals surface area contributed by atoms with Gasteiger partial charge in [-0.2, -0.15) is 4.98 Å². The van der Waals surface area contributed by atoms with Crippen LogP contribution in [0.15, 0.2) is 67.1 Å². The van der Waals surface area contributed by atoms with E-state index < -0.39 is 5.91 Å². The second kappa shape index (κ2) is 7.92. The van der Waals surface area contributed by atoms with Gasteiger partial charge in [0.15, 0.2) is 5.82 Å². The molecule has 9 nitrogen and oxygen atoms in total. The molecule has 0 bridgehead atoms. The number of aromatic nitrogens is 4. The van der Waals surface area contributed by atoms with Crippen molar-refractivity contribution in [3.8, 4) is 11.4 Å². The summed E-state index contributed by atoms with van der Waals surface area (Å²) >= 11 is 0. The van der Waals surface area contributed by atoms with Crippen LogP contribution in [-0.4, -0.2) is 25.4 Å². The van der Waals surface area contributed by atoms with Gasteiger partial charge in [-0.3, -0.25) is 4.79 Å². The van der Waals surface area contributed by atoms with E-state index in [1.54, 1.807) is 30.5 Å². The minimum Gasteiger partial charge on any atom is -0.394 e. The molecule has 4 rings (SSSR count). The largest absolute Gasteiger partial charge is 0.394 e. The third kappa shape index (κ3) is 4.04. The molecule has 2 aromatic heterocycles. The lowest BCUT2D eigenvalue weighted by Gasteiger charge is -2.12. The topological polar surface area (TPSA) is 137 Å². The van der Waals surface area contributed by atoms with Crippen molar-refractivity contribution in [2.24, 2.45) is 12.8 Å². The number of amides is 1. The van der Waals surface area contributed by atoms with Crippen LogP contribution in [0.5, 0.6) is 0 Å². The van der Waals surface area contributed by atoms with Crippen LogP contribution >= 0.6 is 0 Å². The van der Waals surface area contributed by atoms with Gasteiger partial charge in [0.05, 0.1) is 11.9 Å². The molecule has 0 fully saturated rings. The van der Waals surface area contributed by atoms with Gasteiger partial charge in [0.2, 0.25) is 11.9 Å². The number of nitrogens with two attached hydrogens (primary N) is 2. The zero-order valence-corrected chi connectivity index (χ0v) is 16.2. The number of carbonyl (C=O) groups is 1. The number of primary amides is 1. The fourth-order valence-corrected chi connectivity index (χ4v) is 2.95. The lowest BCUT2D eigenvalue weighted by molar-refractivity contribution is 0.100. The lowest BCUT2D eigenvalue weighted by atomic mass is 10.2. The molecule has 6 N–H and O–H groups in total. The molecule has 0 radical (unpaired) electrons. The van der Waals surface area contributed by atoms with Crippen LogP contribution in [0, 0.1) is 0 Å². The molecule has 0 aliphatic heterocycles. The number of anilines is 5. The van der Waals surface area contributed by atoms with E-state index in [1.807, 2.05) is 42.1 Å². The molecule has 0 spiro atoms. The van der Waals surface area contributed by atoms with Crippen LogP contribution in [0.1, 0.15) is 10.4 Å². The van der Waals surface area contributed by atoms with Crippen LogP contribution in [0.2, 0.25) is 0 Å². The Labute approximate surface area is 172 Å². The number of rotatable bonds is 6. The van der Waals surface area contributed by atoms with Gasteiger partial charge in [-0.25, -0.2) is 9.97 Å². The van der Waals surface area contributed by atoms with Crippen molar-refractivity contribution in [1.29, 1.82) is 0 Å². The number of nitrogens with zero attached hydrogens (tertiary/aromatic N) is 4. The molecule has 2 aromatic carbocycles. The summed E-state index contributed by atoms with van der Waals surface area (Å²) in [5, 5.41) is 6.28. The summed E-state index contributed by atoms with van der Waals surface area (Å²) in [6.07, 6.45) is 5.16. The van der Waals surface area contributed by atoms with Crippen molar-refractivity contribution in [2.45, 2.75) is 0 Å². The number of carbonyl (C=O) groups excluding carboxylic acids is 1. The molecule has 0 atom stereocenters. The maximum Gasteiger partial charge on any atom is 0.248 e. The van der Waals surface area contributed by atoms with Crippen LogP contribution in [0.25, 0.3) is 11.4 Å². The predicted molar refractivity (Wildman–Crippen MR) is 117 cm³/mol. The van der Waals surface area contributed by atoms with Gasteiger partial charge in [0.1, 0.15) is 5.82 Å². The average molecular weight is 400 g/mol. The van der Waals surface area contributed by atoms with Crippen molar-refractivity contribution in [2.75, 3.05) is 16.4 Å². The molecule has 2 heterocycles. The molecule has 4 aromatic rings. The van der Waals surface area contributed by atoms with Gasteiger partial charge in [0, 0.05) is 41.9 Å². The molecular formula is C21H20N8O. The van der Waals surface area contributed by atoms with Gasteiger partial charge >= 0.3 is 0 Å². The van der Waals surface area contributed by atoms with E-state index in [-0.39, 0.29) is 0 Å². The van der Waals surface area contributed by atoms with E-state index in [1.165, 1.54) is 6.20 Å². The van der Waals surface area contributed by atoms with E-state index >= 15 is 0 Å². The highest BCUT2D eigenvalue weighted by Crippen LogP contribution is 2.25. The van der Waals surface area contributed by atoms with Crippen molar-refractivity contribution < 1.29 is 4.79 Å². The molecular weight excluding hydrogens is 380 g/mol. The maximum absolute atomic E-state index is 11.4. The molecule has 0 unspecified atom stereocenters. The van der Waals surface area contributed by atoms with Crippen LogP contribution in [0.3, 0.4) is 0 Å². The van der Waals surface area contributed by atoms with Gasteiger partial charge in [-0.15, -0.1) is 0 Å². The monoisotopic (exact) mass is 400 g/mol. The number of hydrogen-bond acceptors (Lipinski definition) is 7. The second-order valence-electron chi connectivity index (χ2n) is 6.64. The van der Waals surface area contributed by atoms with Crippen LogP contribution in [-0.2, 0) is 7.05 Å². The molecule has 0 saturated heterocycles. The second-order valence-corrected chi connectivity index (χ2v) is 6.64. The third-order valence-corrected chi connectivity index (χ3v) is 4.42. The van der Waals surface area contributed by atoms with Crippen LogP contribution in [0.4, 0.5) is 28.8 Å². The first-order chi connectivity index (χ1) is 14.5. The summed E-state index contributed by atoms with van der Waals surface area (Å²) in [7, 11) is 1.94. The molecule has 30 heavy (non-hydrogen) atoms. The van der Waals surface area contributed by atoms with Gasteiger partial charge in [-0.1, -0.05) is 18.2 Å². The Bertz CT molecular complexity index is 1220. The Morgan fingerprint density at radius 2 is 1.80 bits per heavy atom. The molecule has 9 heteroatoms. The van der Waals surface area contributed by atoms with Gasteiger partial charge < -0.3 is 26.7 Å². The highest BCUT2D eigenvalue weighted by molar-refractivity contribution is 5.94. The first-order valence-corrected chi connectivity index (χ1v) is 9.14. The minimum absolute atomic E-state index is 0.367. The number of nitrogen functional groups attached to an aromatic ring is 1. The first-order valence-electron chi connectivity index (χ1n) is 9.14. The normalized spacial score (nSPS) is 10.6. The first kappa shape index (κ1) is 18.9. The van der Waals surface area contributed by atoms with Crippen molar-refractivity contribution in [1.82, 2.24) is 19.5 Å². The summed E-state index contributed by atoms with van der Waals surface area (Å²) in [5.74, 6) is 1.13. The summed E-state index contributed by atoms with van der Waals surface area (Å²) in [6, 6.07) is 14.6. The zero-order valence-electron chi connectivity index (χ0n) is 16.2. The Morgan fingerprint density at radius 1 is 1.03 bits per heavy atom. The fraction of sp³-hybridized carbons (Fsp3) is 0.0476. The van der Waals surface area contributed by atoms with Gasteiger partial charge in [-0.05, 0) is 30.3 Å². The van der Waals surface area contributed by atoms with E-state index in [4.69, 9.17) is 11.5 Å². The average Bonchev–Trinajstić information content (AvgIpc) is 3.17. The molecule has 0 saturated carbocycles. The van der Waals surface area contributed by atoms with Crippen molar-refractivity contribution in [3.63, 3.8) is 0 Å². The third-order valence-electron chi connectivity index (χ3n) is 4.42. The highest BCUT2D eigenvalue weighted by Gasteiger charge is 2.09. The van der Waals surface area contributed by atoms with E-state index in [9.17, 15) is 4.79 Å². The van der Waals surface area contributed by atoms with E-state index in [0.29, 0.717) is 28.7 Å². The minimum atomic E-state index is -0.510. The van der Waals surface area contributed by atoms with E-state index in [2.05, 4.69) is 25.6 Å². The number of aryl methyl sites for hydroxylation is 1. The number of benzene rings is 2. The summed E-state index contributed by atoms with van der Waals surface area (Å²) in [6.45, 7) is 0. The summed E-state index contributed by atoms with van der Waals surface area (Å²) in [4.78, 5) is 24.5. The number of nitrogens with one attached hydrogen (secondary N) is 2. The Hall–Kier alpha value is -4.40. The van der Waals surface area contributed by atoms with Crippen molar-refractivity contribution >= 4 is 34.7 Å². The van der Waals surface area contributed by atoms with Crippen LogP contribution < -0.4 is 22.1 Å². The Balaban J connectivity index is 1.57. The van der Waals surface area contributed by atoms with E-state index in [0.717, 1.165) is 17.1 Å². The Kier molecular flexibility index (Phi) is 5.00. The predicted octanol–water partition coefficient (Wildman–Crippen LogP) is 3.05. The SMILES string of the molecule is Cn1ccnc1-c1cccc(Nc2ncc(N)c(Nc3cccc(C(N)=O)c3)n2)c1. The Morgan fingerprint density at radius 3 is 2.53 bits per heavy atom. The summed E-state index contributed by atoms with van der Waals surface area (Å²) < 4.78 is 1.95. The zero-order chi connectivity index (χ0) is 21.1. The molecule has 0 aliphatic rings. The highest BCUT2D eigenvalue weighted by atomic mass is 16.1. The van der Waals surface area contributed by atoms with Gasteiger partial charge in [0.25, 0.3) is 0 Å². The molecule has 150 valence electrons. The summed E-state index contributed by atoms with van der Waals surface area (Å²) in [5.41, 5.74) is 14.5. The maximum atomic E-state index is 11.4. The quantitative estimate of drug-likeness (QED) is 0.390. The fourth-order valence-electron chi connectivity index (χ4n) is 2.95. The number of hydrogen-bond donors (Lipinski definition) is 4. The lowest BCUT2D eigenvalue weighted by Crippen LogP contribution is -2.11. The molecule has 0 aliphatic carbocycles. The smallest absolute Gasteiger partial charge is 0.248 e. The number of imidazole rings is 1.